The van der Waals surface area contributed by atoms with E-state index in [1.165, 1.54) is 0 Å². The van der Waals surface area contributed by atoms with Crippen LogP contribution < -0.4 is 5.73 Å². The monoisotopic (exact) mass is 239 g/mol. The molecule has 0 aliphatic rings. The van der Waals surface area contributed by atoms with Crippen molar-refractivity contribution in [2.75, 3.05) is 0 Å². The Morgan fingerprint density at radius 1 is 1.27 bits per heavy atom. The van der Waals surface area contributed by atoms with E-state index in [0.29, 0.717) is 0 Å². The molecule has 0 radical (unpaired) electrons. The highest BCUT2D eigenvalue weighted by atomic mass is 32.1. The summed E-state index contributed by atoms with van der Waals surface area (Å²) in [5.41, 5.74) is 8.10. The summed E-state index contributed by atoms with van der Waals surface area (Å²) < 4.78 is 0. The molecule has 2 aromatic rings. The van der Waals surface area contributed by atoms with Crippen LogP contribution in [0.25, 0.3) is 0 Å². The van der Waals surface area contributed by atoms with E-state index in [-0.39, 0.29) is 6.04 Å². The van der Waals surface area contributed by atoms with Crippen molar-refractivity contribution in [3.63, 3.8) is 0 Å². The topological polar surface area (TPSA) is 51.8 Å². The van der Waals surface area contributed by atoms with Crippen LogP contribution in [0.4, 0.5) is 0 Å². The van der Waals surface area contributed by atoms with Crippen LogP contribution in [-0.4, -0.2) is 9.97 Å². The smallest absolute Gasteiger partial charge is 0.0947 e. The van der Waals surface area contributed by atoms with Gasteiger partial charge < -0.3 is 5.73 Å². The normalized spacial score (nSPS) is 13.0. The Labute approximate surface area is 97.0 Å². The number of rotatable bonds is 3. The number of hydrogen-bond acceptors (Lipinski definition) is 5. The highest BCUT2D eigenvalue weighted by Crippen LogP contribution is 2.20. The fourth-order valence-electron chi connectivity index (χ4n) is 1.34. The molecule has 15 heavy (non-hydrogen) atoms. The molecule has 1 atom stereocenters. The molecule has 0 fully saturated rings. The molecule has 0 bridgehead atoms. The molecule has 5 heteroatoms. The summed E-state index contributed by atoms with van der Waals surface area (Å²) in [5.74, 6) is 0. The molecule has 0 spiro atoms. The van der Waals surface area contributed by atoms with Gasteiger partial charge in [0.25, 0.3) is 0 Å². The number of hydrogen-bond donors (Lipinski definition) is 1. The summed E-state index contributed by atoms with van der Waals surface area (Å²) in [6, 6.07) is -0.0273. The fourth-order valence-corrected chi connectivity index (χ4v) is 2.85. The Hall–Kier alpha value is -0.780. The zero-order valence-corrected chi connectivity index (χ0v) is 10.4. The third-order valence-corrected chi connectivity index (χ3v) is 3.86. The SMILES string of the molecule is Cc1csc(CC(N)c2csc(C)n2)n1. The first-order valence-corrected chi connectivity index (χ1v) is 6.49. The third-order valence-electron chi connectivity index (χ3n) is 2.08. The van der Waals surface area contributed by atoms with Crippen LogP contribution in [0.1, 0.15) is 27.4 Å². The maximum atomic E-state index is 6.06. The summed E-state index contributed by atoms with van der Waals surface area (Å²) in [6.07, 6.45) is 0.779. The van der Waals surface area contributed by atoms with Crippen molar-refractivity contribution in [1.29, 1.82) is 0 Å². The number of thiazole rings is 2. The van der Waals surface area contributed by atoms with Crippen LogP contribution in [0.3, 0.4) is 0 Å². The molecule has 1 unspecified atom stereocenters. The Balaban J connectivity index is 2.06. The van der Waals surface area contributed by atoms with Crippen LogP contribution in [0.2, 0.25) is 0 Å². The number of aromatic nitrogens is 2. The molecule has 2 aromatic heterocycles. The Morgan fingerprint density at radius 3 is 2.60 bits per heavy atom. The van der Waals surface area contributed by atoms with E-state index in [0.717, 1.165) is 27.8 Å². The summed E-state index contributed by atoms with van der Waals surface area (Å²) >= 11 is 3.30. The van der Waals surface area contributed by atoms with Crippen molar-refractivity contribution in [2.24, 2.45) is 5.73 Å². The minimum absolute atomic E-state index is 0.0273. The molecule has 0 saturated heterocycles. The lowest BCUT2D eigenvalue weighted by atomic mass is 10.2. The van der Waals surface area contributed by atoms with Crippen LogP contribution in [0.15, 0.2) is 10.8 Å². The first-order valence-electron chi connectivity index (χ1n) is 4.74. The van der Waals surface area contributed by atoms with Gasteiger partial charge in [0.2, 0.25) is 0 Å². The maximum absolute atomic E-state index is 6.06. The first-order chi connectivity index (χ1) is 7.15. The quantitative estimate of drug-likeness (QED) is 0.895. The predicted octanol–water partition coefficient (Wildman–Crippen LogP) is 2.46. The van der Waals surface area contributed by atoms with Gasteiger partial charge in [0.05, 0.1) is 21.8 Å². The van der Waals surface area contributed by atoms with Crippen molar-refractivity contribution in [2.45, 2.75) is 26.3 Å². The summed E-state index contributed by atoms with van der Waals surface area (Å²) in [4.78, 5) is 8.78. The van der Waals surface area contributed by atoms with Gasteiger partial charge in [-0.3, -0.25) is 0 Å². The van der Waals surface area contributed by atoms with Gasteiger partial charge in [-0.2, -0.15) is 0 Å². The molecule has 2 rings (SSSR count). The highest BCUT2D eigenvalue weighted by molar-refractivity contribution is 7.10. The van der Waals surface area contributed by atoms with E-state index >= 15 is 0 Å². The molecule has 0 aliphatic carbocycles. The minimum Gasteiger partial charge on any atom is -0.322 e. The summed E-state index contributed by atoms with van der Waals surface area (Å²) in [6.45, 7) is 3.99. The molecule has 0 amide bonds. The van der Waals surface area contributed by atoms with E-state index in [2.05, 4.69) is 9.97 Å². The fraction of sp³-hybridized carbons (Fsp3) is 0.400. The average molecular weight is 239 g/mol. The van der Waals surface area contributed by atoms with Gasteiger partial charge in [0.15, 0.2) is 0 Å². The lowest BCUT2D eigenvalue weighted by Crippen LogP contribution is -2.13. The van der Waals surface area contributed by atoms with E-state index in [9.17, 15) is 0 Å². The molecule has 3 nitrogen and oxygen atoms in total. The lowest BCUT2D eigenvalue weighted by Gasteiger charge is -2.05. The molecule has 0 saturated carbocycles. The molecule has 2 heterocycles. The van der Waals surface area contributed by atoms with Crippen molar-refractivity contribution >= 4 is 22.7 Å². The zero-order valence-electron chi connectivity index (χ0n) is 8.73. The van der Waals surface area contributed by atoms with Gasteiger partial charge in [-0.1, -0.05) is 0 Å². The Kier molecular flexibility index (Phi) is 3.14. The molecular formula is C10H13N3S2. The Morgan fingerprint density at radius 2 is 2.07 bits per heavy atom. The van der Waals surface area contributed by atoms with E-state index in [4.69, 9.17) is 5.73 Å². The van der Waals surface area contributed by atoms with Gasteiger partial charge in [0, 0.05) is 22.9 Å². The first kappa shape index (κ1) is 10.7. The van der Waals surface area contributed by atoms with E-state index in [1.807, 2.05) is 24.6 Å². The third kappa shape index (κ3) is 2.62. The van der Waals surface area contributed by atoms with Crippen molar-refractivity contribution < 1.29 is 0 Å². The summed E-state index contributed by atoms with van der Waals surface area (Å²) in [7, 11) is 0. The second-order valence-electron chi connectivity index (χ2n) is 3.48. The largest absolute Gasteiger partial charge is 0.322 e. The second-order valence-corrected chi connectivity index (χ2v) is 5.49. The zero-order chi connectivity index (χ0) is 10.8. The van der Waals surface area contributed by atoms with E-state index in [1.54, 1.807) is 22.7 Å². The lowest BCUT2D eigenvalue weighted by molar-refractivity contribution is 0.695. The average Bonchev–Trinajstić information content (AvgIpc) is 2.75. The van der Waals surface area contributed by atoms with Gasteiger partial charge in [0.1, 0.15) is 0 Å². The van der Waals surface area contributed by atoms with Crippen LogP contribution in [-0.2, 0) is 6.42 Å². The van der Waals surface area contributed by atoms with Crippen molar-refractivity contribution in [3.05, 3.63) is 32.2 Å². The molecule has 0 aliphatic heterocycles. The number of nitrogens with zero attached hydrogens (tertiary/aromatic N) is 2. The standard InChI is InChI=1S/C10H13N3S2/c1-6-4-15-10(12-6)3-8(11)9-5-14-7(2)13-9/h4-5,8H,3,11H2,1-2H3. The maximum Gasteiger partial charge on any atom is 0.0947 e. The van der Waals surface area contributed by atoms with Crippen molar-refractivity contribution in [1.82, 2.24) is 9.97 Å². The number of nitrogens with two attached hydrogens (primary N) is 1. The summed E-state index contributed by atoms with van der Waals surface area (Å²) in [5, 5.41) is 6.23. The minimum atomic E-state index is -0.0273. The van der Waals surface area contributed by atoms with Crippen LogP contribution in [0.5, 0.6) is 0 Å². The highest BCUT2D eigenvalue weighted by Gasteiger charge is 2.12. The number of aryl methyl sites for hydroxylation is 2. The van der Waals surface area contributed by atoms with E-state index < -0.39 is 0 Å². The van der Waals surface area contributed by atoms with Gasteiger partial charge in [-0.05, 0) is 13.8 Å². The Bertz CT molecular complexity index is 447. The molecular weight excluding hydrogens is 226 g/mol. The van der Waals surface area contributed by atoms with Gasteiger partial charge in [-0.25, -0.2) is 9.97 Å². The molecule has 2 N–H and O–H groups in total. The van der Waals surface area contributed by atoms with Gasteiger partial charge >= 0.3 is 0 Å². The van der Waals surface area contributed by atoms with Crippen molar-refractivity contribution in [3.8, 4) is 0 Å². The van der Waals surface area contributed by atoms with Crippen LogP contribution in [0, 0.1) is 13.8 Å². The predicted molar refractivity (Wildman–Crippen MR) is 64.3 cm³/mol. The second kappa shape index (κ2) is 4.38. The molecule has 0 aromatic carbocycles. The van der Waals surface area contributed by atoms with Crippen LogP contribution >= 0.6 is 22.7 Å². The van der Waals surface area contributed by atoms with Gasteiger partial charge in [-0.15, -0.1) is 22.7 Å². The molecule has 80 valence electrons.